The summed E-state index contributed by atoms with van der Waals surface area (Å²) in [5, 5.41) is 0. The lowest BCUT2D eigenvalue weighted by Gasteiger charge is -2.21. The molecule has 0 atom stereocenters. The molecule has 0 bridgehead atoms. The Morgan fingerprint density at radius 1 is 0.550 bits per heavy atom. The molecule has 0 spiro atoms. The zero-order valence-corrected chi connectivity index (χ0v) is 16.9. The van der Waals surface area contributed by atoms with Gasteiger partial charge in [0.1, 0.15) is 0 Å². The predicted octanol–water partition coefficient (Wildman–Crippen LogP) is 4.30. The lowest BCUT2D eigenvalue weighted by atomic mass is 10.5. The van der Waals surface area contributed by atoms with Gasteiger partial charge in [-0.1, -0.05) is 13.8 Å². The van der Waals surface area contributed by atoms with E-state index >= 15 is 0 Å². The summed E-state index contributed by atoms with van der Waals surface area (Å²) >= 11 is 0. The second-order valence-electron chi connectivity index (χ2n) is 5.36. The fraction of sp³-hybridized carbons (Fsp3) is 1.00. The second-order valence-corrected chi connectivity index (χ2v) is 12.1. The molecule has 0 heterocycles. The molecule has 124 valence electrons. The first kappa shape index (κ1) is 22.6. The minimum absolute atomic E-state index is 0.763. The van der Waals surface area contributed by atoms with E-state index in [0.29, 0.717) is 0 Å². The van der Waals surface area contributed by atoms with Crippen LogP contribution in [0.2, 0.25) is 26.2 Å². The Labute approximate surface area is 128 Å². The van der Waals surface area contributed by atoms with Crippen LogP contribution < -0.4 is 0 Å². The summed E-state index contributed by atoms with van der Waals surface area (Å²) in [6.45, 7) is 19.7. The van der Waals surface area contributed by atoms with Crippen molar-refractivity contribution in [3.05, 3.63) is 0 Å². The maximum absolute atomic E-state index is 5.60. The molecule has 0 N–H and O–H groups in total. The summed E-state index contributed by atoms with van der Waals surface area (Å²) in [5.41, 5.74) is 0. The third-order valence-corrected chi connectivity index (χ3v) is 6.06. The molecule has 0 rings (SSSR count). The van der Waals surface area contributed by atoms with Gasteiger partial charge in [-0.25, -0.2) is 0 Å². The average molecular weight is 325 g/mol. The molecule has 0 saturated carbocycles. The van der Waals surface area contributed by atoms with E-state index in [4.69, 9.17) is 17.7 Å². The molecular formula is C14H36O4Si2. The standard InChI is InChI=1S/C8H20O2Si.C6H16O2Si/c1-5-7-9-11(3,4)10-8-6-2;1-5-7-9(3,4)8-6-2/h5-8H2,1-4H3;5-6H2,1-4H3. The maximum atomic E-state index is 5.60. The van der Waals surface area contributed by atoms with E-state index in [1.165, 1.54) is 0 Å². The van der Waals surface area contributed by atoms with Crippen molar-refractivity contribution in [2.75, 3.05) is 26.4 Å². The van der Waals surface area contributed by atoms with E-state index < -0.39 is 17.1 Å². The van der Waals surface area contributed by atoms with Crippen LogP contribution in [-0.2, 0) is 17.7 Å². The Kier molecular flexibility index (Phi) is 14.6. The Morgan fingerprint density at radius 2 is 0.850 bits per heavy atom. The zero-order valence-electron chi connectivity index (χ0n) is 14.9. The van der Waals surface area contributed by atoms with E-state index in [2.05, 4.69) is 40.0 Å². The van der Waals surface area contributed by atoms with E-state index in [9.17, 15) is 0 Å². The van der Waals surface area contributed by atoms with Crippen molar-refractivity contribution in [1.29, 1.82) is 0 Å². The van der Waals surface area contributed by atoms with Crippen LogP contribution in [0.25, 0.3) is 0 Å². The van der Waals surface area contributed by atoms with E-state index in [1.807, 2.05) is 13.8 Å². The SMILES string of the molecule is CCCO[Si](C)(C)OCCC.CCO[Si](C)(C)OCC. The lowest BCUT2D eigenvalue weighted by Crippen LogP contribution is -2.35. The van der Waals surface area contributed by atoms with Gasteiger partial charge in [0.25, 0.3) is 0 Å². The van der Waals surface area contributed by atoms with Crippen molar-refractivity contribution in [3.8, 4) is 0 Å². The third-order valence-electron chi connectivity index (χ3n) is 2.29. The summed E-state index contributed by atoms with van der Waals surface area (Å²) in [4.78, 5) is 0. The average Bonchev–Trinajstić information content (AvgIpc) is 2.35. The van der Waals surface area contributed by atoms with Gasteiger partial charge in [0.15, 0.2) is 0 Å². The van der Waals surface area contributed by atoms with Crippen molar-refractivity contribution < 1.29 is 17.7 Å². The van der Waals surface area contributed by atoms with Gasteiger partial charge < -0.3 is 17.7 Å². The Balaban J connectivity index is 0. The molecule has 0 fully saturated rings. The number of hydrogen-bond acceptors (Lipinski definition) is 4. The van der Waals surface area contributed by atoms with Crippen molar-refractivity contribution in [3.63, 3.8) is 0 Å². The third kappa shape index (κ3) is 16.3. The largest absolute Gasteiger partial charge is 0.395 e. The summed E-state index contributed by atoms with van der Waals surface area (Å²) in [6, 6.07) is 0. The second kappa shape index (κ2) is 13.0. The molecule has 0 saturated heterocycles. The van der Waals surface area contributed by atoms with Gasteiger partial charge in [-0.2, -0.15) is 0 Å². The van der Waals surface area contributed by atoms with Crippen LogP contribution >= 0.6 is 0 Å². The highest BCUT2D eigenvalue weighted by Gasteiger charge is 2.23. The molecule has 0 aromatic carbocycles. The lowest BCUT2D eigenvalue weighted by molar-refractivity contribution is 0.179. The first-order valence-electron chi connectivity index (χ1n) is 7.80. The van der Waals surface area contributed by atoms with Crippen molar-refractivity contribution in [2.24, 2.45) is 0 Å². The van der Waals surface area contributed by atoms with Gasteiger partial charge in [-0.3, -0.25) is 0 Å². The monoisotopic (exact) mass is 324 g/mol. The summed E-state index contributed by atoms with van der Waals surface area (Å²) in [5.74, 6) is 0. The smallest absolute Gasteiger partial charge is 0.331 e. The van der Waals surface area contributed by atoms with Crippen LogP contribution in [0.5, 0.6) is 0 Å². The molecule has 4 nitrogen and oxygen atoms in total. The molecule has 20 heavy (non-hydrogen) atoms. The fourth-order valence-corrected chi connectivity index (χ4v) is 4.42. The van der Waals surface area contributed by atoms with E-state index in [-0.39, 0.29) is 0 Å². The normalized spacial score (nSPS) is 12.0. The molecule has 0 amide bonds. The molecular weight excluding hydrogens is 288 g/mol. The minimum Gasteiger partial charge on any atom is -0.395 e. The summed E-state index contributed by atoms with van der Waals surface area (Å²) in [7, 11) is -3.45. The quantitative estimate of drug-likeness (QED) is 0.561. The van der Waals surface area contributed by atoms with Gasteiger partial charge in [0.05, 0.1) is 0 Å². The van der Waals surface area contributed by atoms with Crippen molar-refractivity contribution in [2.45, 2.75) is 66.7 Å². The van der Waals surface area contributed by atoms with Crippen LogP contribution in [0.15, 0.2) is 0 Å². The fourth-order valence-electron chi connectivity index (χ4n) is 1.47. The highest BCUT2D eigenvalue weighted by Crippen LogP contribution is 2.07. The zero-order chi connectivity index (χ0) is 16.1. The molecule has 0 unspecified atom stereocenters. The molecule has 0 aliphatic rings. The maximum Gasteiger partial charge on any atom is 0.331 e. The van der Waals surface area contributed by atoms with Gasteiger partial charge in [0.2, 0.25) is 0 Å². The van der Waals surface area contributed by atoms with Crippen LogP contribution in [0.4, 0.5) is 0 Å². The molecule has 0 aliphatic carbocycles. The predicted molar refractivity (Wildman–Crippen MR) is 90.7 cm³/mol. The molecule has 0 radical (unpaired) electrons. The van der Waals surface area contributed by atoms with Gasteiger partial charge in [-0.15, -0.1) is 0 Å². The minimum atomic E-state index is -1.75. The number of rotatable bonds is 10. The Hall–Kier alpha value is 0.274. The van der Waals surface area contributed by atoms with Crippen molar-refractivity contribution in [1.82, 2.24) is 0 Å². The van der Waals surface area contributed by atoms with Gasteiger partial charge >= 0.3 is 17.1 Å². The van der Waals surface area contributed by atoms with E-state index in [0.717, 1.165) is 39.3 Å². The summed E-state index contributed by atoms with van der Waals surface area (Å²) in [6.07, 6.45) is 2.15. The topological polar surface area (TPSA) is 36.9 Å². The first-order valence-corrected chi connectivity index (χ1v) is 13.4. The molecule has 0 aromatic heterocycles. The molecule has 0 aromatic rings. The van der Waals surface area contributed by atoms with Crippen LogP contribution in [0, 0.1) is 0 Å². The van der Waals surface area contributed by atoms with Gasteiger partial charge in [0, 0.05) is 26.4 Å². The highest BCUT2D eigenvalue weighted by molar-refractivity contribution is 6.64. The Morgan fingerprint density at radius 3 is 1.10 bits per heavy atom. The van der Waals surface area contributed by atoms with Crippen LogP contribution in [0.1, 0.15) is 40.5 Å². The Bertz CT molecular complexity index is 193. The summed E-state index contributed by atoms with van der Waals surface area (Å²) < 4.78 is 22.0. The molecule has 0 aliphatic heterocycles. The van der Waals surface area contributed by atoms with E-state index in [1.54, 1.807) is 0 Å². The van der Waals surface area contributed by atoms with Crippen LogP contribution in [0.3, 0.4) is 0 Å². The van der Waals surface area contributed by atoms with Gasteiger partial charge in [-0.05, 0) is 52.9 Å². The van der Waals surface area contributed by atoms with Crippen molar-refractivity contribution >= 4 is 17.1 Å². The van der Waals surface area contributed by atoms with Crippen LogP contribution in [-0.4, -0.2) is 43.5 Å². The highest BCUT2D eigenvalue weighted by atomic mass is 28.4. The first-order chi connectivity index (χ1) is 9.24. The molecule has 6 heteroatoms. The number of hydrogen-bond donors (Lipinski definition) is 0.